The van der Waals surface area contributed by atoms with Crippen LogP contribution in [0.1, 0.15) is 12.6 Å². The van der Waals surface area contributed by atoms with Crippen molar-refractivity contribution in [1.82, 2.24) is 9.78 Å². The molecule has 1 rings (SSSR count). The van der Waals surface area contributed by atoms with Crippen LogP contribution in [0.4, 0.5) is 20.3 Å². The number of aliphatic hydroxyl groups excluding tert-OH is 1. The zero-order valence-corrected chi connectivity index (χ0v) is 9.30. The molecule has 92 valence electrons. The molecule has 0 radical (unpaired) electrons. The number of aryl methyl sites for hydroxylation is 2. The summed E-state index contributed by atoms with van der Waals surface area (Å²) in [7, 11) is 0. The molecule has 0 aliphatic heterocycles. The number of rotatable bonds is 5. The van der Waals surface area contributed by atoms with Crippen LogP contribution in [0.25, 0.3) is 0 Å². The molecule has 0 fully saturated rings. The number of alkyl halides is 2. The lowest BCUT2D eigenvalue weighted by Crippen LogP contribution is -2.31. The minimum atomic E-state index is -3.16. The first-order valence-electron chi connectivity index (χ1n) is 4.96. The van der Waals surface area contributed by atoms with Crippen LogP contribution in [0, 0.1) is 6.92 Å². The SMILES string of the molecule is CCn1nc(C)c(N)c1NCC(F)(F)CO. The molecule has 0 saturated heterocycles. The summed E-state index contributed by atoms with van der Waals surface area (Å²) in [5.41, 5.74) is 6.65. The van der Waals surface area contributed by atoms with Crippen LogP contribution in [0.15, 0.2) is 0 Å². The van der Waals surface area contributed by atoms with Gasteiger partial charge in [-0.3, -0.25) is 0 Å². The van der Waals surface area contributed by atoms with E-state index in [9.17, 15) is 8.78 Å². The molecule has 1 aromatic rings. The highest BCUT2D eigenvalue weighted by atomic mass is 19.3. The lowest BCUT2D eigenvalue weighted by atomic mass is 10.3. The summed E-state index contributed by atoms with van der Waals surface area (Å²) in [6.07, 6.45) is 0. The quantitative estimate of drug-likeness (QED) is 0.705. The molecule has 7 heteroatoms. The number of aromatic nitrogens is 2. The van der Waals surface area contributed by atoms with Crippen LogP contribution < -0.4 is 11.1 Å². The van der Waals surface area contributed by atoms with E-state index in [0.29, 0.717) is 23.7 Å². The molecule has 1 aromatic heterocycles. The highest BCUT2D eigenvalue weighted by Crippen LogP contribution is 2.23. The summed E-state index contributed by atoms with van der Waals surface area (Å²) >= 11 is 0. The van der Waals surface area contributed by atoms with E-state index in [2.05, 4.69) is 10.4 Å². The molecule has 0 bridgehead atoms. The topological polar surface area (TPSA) is 76.1 Å². The van der Waals surface area contributed by atoms with Gasteiger partial charge in [-0.2, -0.15) is 5.10 Å². The zero-order chi connectivity index (χ0) is 12.3. The number of nitrogens with two attached hydrogens (primary N) is 1. The molecule has 0 spiro atoms. The van der Waals surface area contributed by atoms with Gasteiger partial charge in [0.15, 0.2) is 0 Å². The minimum Gasteiger partial charge on any atom is -0.394 e. The Morgan fingerprint density at radius 2 is 2.19 bits per heavy atom. The number of nitrogen functional groups attached to an aromatic ring is 1. The molecule has 0 unspecified atom stereocenters. The summed E-state index contributed by atoms with van der Waals surface area (Å²) in [5.74, 6) is -2.79. The smallest absolute Gasteiger partial charge is 0.287 e. The van der Waals surface area contributed by atoms with E-state index in [0.717, 1.165) is 0 Å². The number of hydrogen-bond acceptors (Lipinski definition) is 4. The fourth-order valence-corrected chi connectivity index (χ4v) is 1.28. The van der Waals surface area contributed by atoms with Gasteiger partial charge in [0.25, 0.3) is 5.92 Å². The van der Waals surface area contributed by atoms with Crippen molar-refractivity contribution in [2.24, 2.45) is 0 Å². The summed E-state index contributed by atoms with van der Waals surface area (Å²) in [6.45, 7) is 2.21. The second-order valence-corrected chi connectivity index (χ2v) is 3.53. The molecule has 16 heavy (non-hydrogen) atoms. The van der Waals surface area contributed by atoms with E-state index >= 15 is 0 Å². The highest BCUT2D eigenvalue weighted by Gasteiger charge is 2.28. The number of anilines is 2. The number of nitrogens with one attached hydrogen (secondary N) is 1. The van der Waals surface area contributed by atoms with Gasteiger partial charge in [-0.05, 0) is 13.8 Å². The first-order valence-corrected chi connectivity index (χ1v) is 4.96. The van der Waals surface area contributed by atoms with Crippen LogP contribution in [0.2, 0.25) is 0 Å². The van der Waals surface area contributed by atoms with Gasteiger partial charge in [-0.1, -0.05) is 0 Å². The van der Waals surface area contributed by atoms with Gasteiger partial charge in [-0.25, -0.2) is 13.5 Å². The van der Waals surface area contributed by atoms with Crippen LogP contribution in [-0.2, 0) is 6.54 Å². The van der Waals surface area contributed by atoms with E-state index in [4.69, 9.17) is 10.8 Å². The van der Waals surface area contributed by atoms with Gasteiger partial charge in [-0.15, -0.1) is 0 Å². The third-order valence-electron chi connectivity index (χ3n) is 2.22. The van der Waals surface area contributed by atoms with Crippen LogP contribution in [-0.4, -0.2) is 34.0 Å². The Labute approximate surface area is 92.2 Å². The van der Waals surface area contributed by atoms with Crippen molar-refractivity contribution in [3.8, 4) is 0 Å². The first-order chi connectivity index (χ1) is 7.41. The van der Waals surface area contributed by atoms with Crippen molar-refractivity contribution in [2.45, 2.75) is 26.3 Å². The Morgan fingerprint density at radius 3 is 2.69 bits per heavy atom. The Bertz CT molecular complexity index is 365. The summed E-state index contributed by atoms with van der Waals surface area (Å²) < 4.78 is 27.2. The number of aliphatic hydroxyl groups is 1. The van der Waals surface area contributed by atoms with Crippen molar-refractivity contribution >= 4 is 11.5 Å². The molecule has 0 amide bonds. The molecular weight excluding hydrogens is 218 g/mol. The highest BCUT2D eigenvalue weighted by molar-refractivity contribution is 5.64. The van der Waals surface area contributed by atoms with Crippen molar-refractivity contribution in [1.29, 1.82) is 0 Å². The molecule has 4 N–H and O–H groups in total. The first kappa shape index (κ1) is 12.7. The fraction of sp³-hybridized carbons (Fsp3) is 0.667. The number of halogens is 2. The number of nitrogens with zero attached hydrogens (tertiary/aromatic N) is 2. The fourth-order valence-electron chi connectivity index (χ4n) is 1.28. The van der Waals surface area contributed by atoms with E-state index < -0.39 is 19.1 Å². The number of hydrogen-bond donors (Lipinski definition) is 3. The summed E-state index contributed by atoms with van der Waals surface area (Å²) in [5, 5.41) is 15.0. The second kappa shape index (κ2) is 4.65. The van der Waals surface area contributed by atoms with Gasteiger partial charge in [0.2, 0.25) is 0 Å². The zero-order valence-electron chi connectivity index (χ0n) is 9.30. The van der Waals surface area contributed by atoms with Crippen molar-refractivity contribution in [3.05, 3.63) is 5.69 Å². The molecule has 0 aliphatic carbocycles. The van der Waals surface area contributed by atoms with Crippen LogP contribution in [0.5, 0.6) is 0 Å². The Morgan fingerprint density at radius 1 is 1.56 bits per heavy atom. The normalized spacial score (nSPS) is 11.8. The summed E-state index contributed by atoms with van der Waals surface area (Å²) in [6, 6.07) is 0. The van der Waals surface area contributed by atoms with E-state index in [-0.39, 0.29) is 0 Å². The average molecular weight is 234 g/mol. The monoisotopic (exact) mass is 234 g/mol. The van der Waals surface area contributed by atoms with E-state index in [1.807, 2.05) is 6.92 Å². The predicted molar refractivity (Wildman–Crippen MR) is 57.6 cm³/mol. The van der Waals surface area contributed by atoms with Gasteiger partial charge in [0, 0.05) is 6.54 Å². The van der Waals surface area contributed by atoms with Gasteiger partial charge < -0.3 is 16.2 Å². The van der Waals surface area contributed by atoms with Crippen molar-refractivity contribution in [3.63, 3.8) is 0 Å². The maximum absolute atomic E-state index is 12.8. The van der Waals surface area contributed by atoms with Gasteiger partial charge in [0.05, 0.1) is 17.9 Å². The lowest BCUT2D eigenvalue weighted by molar-refractivity contribution is -0.0373. The molecule has 0 atom stereocenters. The Kier molecular flexibility index (Phi) is 3.69. The van der Waals surface area contributed by atoms with Gasteiger partial charge in [0.1, 0.15) is 12.4 Å². The van der Waals surface area contributed by atoms with Crippen molar-refractivity contribution in [2.75, 3.05) is 24.2 Å². The molecular formula is C9H16F2N4O. The summed E-state index contributed by atoms with van der Waals surface area (Å²) in [4.78, 5) is 0. The average Bonchev–Trinajstić information content (AvgIpc) is 2.52. The third kappa shape index (κ3) is 2.60. The van der Waals surface area contributed by atoms with Crippen molar-refractivity contribution < 1.29 is 13.9 Å². The van der Waals surface area contributed by atoms with E-state index in [1.165, 1.54) is 4.68 Å². The maximum atomic E-state index is 12.8. The van der Waals surface area contributed by atoms with Crippen LogP contribution >= 0.6 is 0 Å². The second-order valence-electron chi connectivity index (χ2n) is 3.53. The van der Waals surface area contributed by atoms with Crippen LogP contribution in [0.3, 0.4) is 0 Å². The third-order valence-corrected chi connectivity index (χ3v) is 2.22. The van der Waals surface area contributed by atoms with E-state index in [1.54, 1.807) is 6.92 Å². The predicted octanol–water partition coefficient (Wildman–Crippen LogP) is 0.833. The molecule has 0 saturated carbocycles. The molecule has 1 heterocycles. The lowest BCUT2D eigenvalue weighted by Gasteiger charge is -2.15. The molecule has 5 nitrogen and oxygen atoms in total. The molecule has 0 aromatic carbocycles. The van der Waals surface area contributed by atoms with Gasteiger partial charge >= 0.3 is 0 Å². The molecule has 0 aliphatic rings. The Hall–Kier alpha value is -1.37. The standard InChI is InChI=1S/C9H16F2N4O/c1-3-15-8(7(12)6(2)14-15)13-4-9(10,11)5-16/h13,16H,3-5,12H2,1-2H3. The largest absolute Gasteiger partial charge is 0.394 e. The maximum Gasteiger partial charge on any atom is 0.287 e. The Balaban J connectivity index is 2.81. The minimum absolute atomic E-state index is 0.357.